The fourth-order valence-corrected chi connectivity index (χ4v) is 4.11. The normalized spacial score (nSPS) is 11.4. The third kappa shape index (κ3) is 4.67. The predicted molar refractivity (Wildman–Crippen MR) is 134 cm³/mol. The number of nitrogens with one attached hydrogen (secondary N) is 1. The summed E-state index contributed by atoms with van der Waals surface area (Å²) in [6.45, 7) is 2.26. The van der Waals surface area contributed by atoms with E-state index in [1.165, 1.54) is 12.3 Å². The summed E-state index contributed by atoms with van der Waals surface area (Å²) in [7, 11) is 0. The average molecular weight is 527 g/mol. The molecule has 0 atom stereocenters. The number of hydrogen-bond donors (Lipinski definition) is 1. The first-order valence-electron chi connectivity index (χ1n) is 10.8. The molecule has 2 aromatic carbocycles. The van der Waals surface area contributed by atoms with Crippen molar-refractivity contribution in [2.24, 2.45) is 0 Å². The second-order valence-electron chi connectivity index (χ2n) is 8.06. The maximum absolute atomic E-state index is 13.8. The first-order valence-corrected chi connectivity index (χ1v) is 11.6. The van der Waals surface area contributed by atoms with E-state index >= 15 is 0 Å². The lowest BCUT2D eigenvalue weighted by Gasteiger charge is -2.08. The highest BCUT2D eigenvalue weighted by atomic mass is 35.5. The molecule has 0 fully saturated rings. The van der Waals surface area contributed by atoms with Crippen molar-refractivity contribution in [2.45, 2.75) is 19.9 Å². The Labute approximate surface area is 214 Å². The van der Waals surface area contributed by atoms with Crippen molar-refractivity contribution in [1.82, 2.24) is 24.4 Å². The van der Waals surface area contributed by atoms with Crippen molar-refractivity contribution in [3.05, 3.63) is 99.4 Å². The molecule has 1 N–H and O–H groups in total. The molecular formula is C25H18Cl2F2N6O. The summed E-state index contributed by atoms with van der Waals surface area (Å²) in [5, 5.41) is 12.0. The number of hydrogen-bond acceptors (Lipinski definition) is 4. The van der Waals surface area contributed by atoms with Crippen LogP contribution in [0.15, 0.2) is 66.9 Å². The van der Waals surface area contributed by atoms with Crippen LogP contribution in [-0.2, 0) is 6.54 Å². The van der Waals surface area contributed by atoms with Crippen LogP contribution in [0.25, 0.3) is 16.9 Å². The Morgan fingerprint density at radius 3 is 2.56 bits per heavy atom. The van der Waals surface area contributed by atoms with Crippen LogP contribution in [0.1, 0.15) is 33.7 Å². The maximum Gasteiger partial charge on any atom is 0.280 e. The lowest BCUT2D eigenvalue weighted by atomic mass is 10.1. The van der Waals surface area contributed by atoms with Gasteiger partial charge in [0, 0.05) is 17.3 Å². The van der Waals surface area contributed by atoms with Gasteiger partial charge in [0.15, 0.2) is 11.5 Å². The van der Waals surface area contributed by atoms with Crippen molar-refractivity contribution in [3.8, 4) is 11.3 Å². The number of carbonyl (C=O) groups excluding carboxylic acids is 1. The second-order valence-corrected chi connectivity index (χ2v) is 8.87. The molecule has 0 saturated carbocycles. The van der Waals surface area contributed by atoms with Crippen LogP contribution in [0.3, 0.4) is 0 Å². The number of amides is 1. The van der Waals surface area contributed by atoms with E-state index in [-0.39, 0.29) is 16.9 Å². The molecule has 0 radical (unpaired) electrons. The molecule has 0 bridgehead atoms. The predicted octanol–water partition coefficient (Wildman–Crippen LogP) is 6.45. The van der Waals surface area contributed by atoms with E-state index in [2.05, 4.69) is 20.5 Å². The fraction of sp³-hybridized carbons (Fsp3) is 0.120. The molecule has 5 rings (SSSR count). The number of nitrogens with zero attached hydrogens (tertiary/aromatic N) is 5. The largest absolute Gasteiger partial charge is 0.305 e. The molecule has 1 amide bonds. The topological polar surface area (TPSA) is 77.1 Å². The number of anilines is 1. The van der Waals surface area contributed by atoms with E-state index < -0.39 is 12.3 Å². The molecule has 0 spiro atoms. The lowest BCUT2D eigenvalue weighted by Crippen LogP contribution is -2.13. The third-order valence-corrected chi connectivity index (χ3v) is 6.32. The monoisotopic (exact) mass is 526 g/mol. The minimum atomic E-state index is -2.81. The van der Waals surface area contributed by atoms with Gasteiger partial charge in [0.2, 0.25) is 0 Å². The van der Waals surface area contributed by atoms with Crippen LogP contribution < -0.4 is 5.32 Å². The highest BCUT2D eigenvalue weighted by molar-refractivity contribution is 6.42. The minimum absolute atomic E-state index is 0.0242. The van der Waals surface area contributed by atoms with Gasteiger partial charge in [0.25, 0.3) is 12.3 Å². The van der Waals surface area contributed by atoms with E-state index in [0.717, 1.165) is 15.8 Å². The van der Waals surface area contributed by atoms with Crippen molar-refractivity contribution in [3.63, 3.8) is 0 Å². The zero-order valence-electron chi connectivity index (χ0n) is 18.8. The Morgan fingerprint density at radius 2 is 1.83 bits per heavy atom. The van der Waals surface area contributed by atoms with Gasteiger partial charge in [-0.2, -0.15) is 10.2 Å². The standard InChI is InChI=1S/C25H18Cl2F2N6O/c1-14-9-22(33-34(14)13-15-7-8-18(26)19(27)10-15)32-25(36)17-12-30-35-21(23(28)29)11-20(31-24(17)35)16-5-3-2-4-6-16/h2-12,23H,13H2,1H3,(H,32,33,36). The van der Waals surface area contributed by atoms with Gasteiger partial charge in [-0.05, 0) is 30.7 Å². The molecule has 11 heteroatoms. The van der Waals surface area contributed by atoms with Gasteiger partial charge in [0.1, 0.15) is 11.3 Å². The van der Waals surface area contributed by atoms with E-state index in [0.29, 0.717) is 33.7 Å². The summed E-state index contributed by atoms with van der Waals surface area (Å²) in [6, 6.07) is 17.2. The van der Waals surface area contributed by atoms with Crippen molar-refractivity contribution in [1.29, 1.82) is 0 Å². The molecule has 0 aliphatic carbocycles. The molecule has 0 aliphatic heterocycles. The number of aromatic nitrogens is 5. The Kier molecular flexibility index (Phi) is 6.42. The quantitative estimate of drug-likeness (QED) is 0.276. The van der Waals surface area contributed by atoms with Gasteiger partial charge >= 0.3 is 0 Å². The summed E-state index contributed by atoms with van der Waals surface area (Å²) >= 11 is 12.1. The Balaban J connectivity index is 1.45. The SMILES string of the molecule is Cc1cc(NC(=O)c2cnn3c(C(F)F)cc(-c4ccccc4)nc23)nn1Cc1ccc(Cl)c(Cl)c1. The number of benzene rings is 2. The number of alkyl halides is 2. The molecular weight excluding hydrogens is 509 g/mol. The van der Waals surface area contributed by atoms with Crippen molar-refractivity contribution >= 4 is 40.6 Å². The number of aryl methyl sites for hydroxylation is 1. The zero-order chi connectivity index (χ0) is 25.4. The van der Waals surface area contributed by atoms with Gasteiger partial charge in [-0.3, -0.25) is 9.48 Å². The van der Waals surface area contributed by atoms with E-state index in [4.69, 9.17) is 23.2 Å². The molecule has 5 aromatic rings. The Morgan fingerprint density at radius 1 is 1.06 bits per heavy atom. The van der Waals surface area contributed by atoms with Crippen LogP contribution in [0.4, 0.5) is 14.6 Å². The number of carbonyl (C=O) groups is 1. The van der Waals surface area contributed by atoms with E-state index in [9.17, 15) is 13.6 Å². The highest BCUT2D eigenvalue weighted by Crippen LogP contribution is 2.27. The smallest absolute Gasteiger partial charge is 0.280 e. The number of halogens is 4. The Hall–Kier alpha value is -3.82. The lowest BCUT2D eigenvalue weighted by molar-refractivity contribution is 0.102. The zero-order valence-corrected chi connectivity index (χ0v) is 20.3. The van der Waals surface area contributed by atoms with E-state index in [1.54, 1.807) is 47.1 Å². The van der Waals surface area contributed by atoms with Crippen LogP contribution >= 0.6 is 23.2 Å². The van der Waals surface area contributed by atoms with Crippen LogP contribution in [0.2, 0.25) is 10.0 Å². The number of rotatable bonds is 6. The minimum Gasteiger partial charge on any atom is -0.305 e. The van der Waals surface area contributed by atoms with Gasteiger partial charge in [-0.25, -0.2) is 18.3 Å². The summed E-state index contributed by atoms with van der Waals surface area (Å²) in [6.07, 6.45) is -1.59. The third-order valence-electron chi connectivity index (χ3n) is 5.58. The van der Waals surface area contributed by atoms with Crippen molar-refractivity contribution < 1.29 is 13.6 Å². The summed E-state index contributed by atoms with van der Waals surface area (Å²) < 4.78 is 30.3. The van der Waals surface area contributed by atoms with Crippen molar-refractivity contribution in [2.75, 3.05) is 5.32 Å². The molecule has 0 saturated heterocycles. The van der Waals surface area contributed by atoms with Gasteiger partial charge < -0.3 is 5.32 Å². The maximum atomic E-state index is 13.8. The van der Waals surface area contributed by atoms with Gasteiger partial charge in [-0.15, -0.1) is 0 Å². The summed E-state index contributed by atoms with van der Waals surface area (Å²) in [5.41, 5.74) is 2.34. The molecule has 7 nitrogen and oxygen atoms in total. The van der Waals surface area contributed by atoms with Crippen LogP contribution in [0, 0.1) is 6.92 Å². The summed E-state index contributed by atoms with van der Waals surface area (Å²) in [4.78, 5) is 17.6. The molecule has 3 heterocycles. The molecule has 182 valence electrons. The molecule has 36 heavy (non-hydrogen) atoms. The Bertz CT molecular complexity index is 1580. The second kappa shape index (κ2) is 9.67. The summed E-state index contributed by atoms with van der Waals surface area (Å²) in [5.74, 6) is -0.271. The van der Waals surface area contributed by atoms with Gasteiger partial charge in [0.05, 0.1) is 28.5 Å². The van der Waals surface area contributed by atoms with Crippen LogP contribution in [-0.4, -0.2) is 30.3 Å². The average Bonchev–Trinajstić information content (AvgIpc) is 3.44. The molecule has 0 aliphatic rings. The van der Waals surface area contributed by atoms with E-state index in [1.807, 2.05) is 19.1 Å². The molecule has 3 aromatic heterocycles. The first-order chi connectivity index (χ1) is 17.3. The fourth-order valence-electron chi connectivity index (χ4n) is 3.78. The van der Waals surface area contributed by atoms with Crippen LogP contribution in [0.5, 0.6) is 0 Å². The first kappa shape index (κ1) is 23.9. The highest BCUT2D eigenvalue weighted by Gasteiger charge is 2.22. The number of fused-ring (bicyclic) bond motifs is 1. The van der Waals surface area contributed by atoms with Gasteiger partial charge in [-0.1, -0.05) is 59.6 Å². The molecule has 0 unspecified atom stereocenters.